The lowest BCUT2D eigenvalue weighted by molar-refractivity contribution is 0.0993. The molecular weight excluding hydrogens is 322 g/mol. The fraction of sp³-hybridized carbons (Fsp3) is 0.500. The molecule has 0 saturated carbocycles. The Morgan fingerprint density at radius 1 is 1.29 bits per heavy atom. The highest BCUT2D eigenvalue weighted by atomic mass is 32.2. The van der Waals surface area contributed by atoms with Crippen molar-refractivity contribution in [2.45, 2.75) is 63.4 Å². The summed E-state index contributed by atoms with van der Waals surface area (Å²) in [7, 11) is 0. The fourth-order valence-electron chi connectivity index (χ4n) is 2.39. The first-order chi connectivity index (χ1) is 11.2. The van der Waals surface area contributed by atoms with E-state index in [1.54, 1.807) is 4.57 Å². The summed E-state index contributed by atoms with van der Waals surface area (Å²) >= 11 is 1.31. The van der Waals surface area contributed by atoms with Crippen molar-refractivity contribution in [1.29, 1.82) is 0 Å². The molecule has 0 spiro atoms. The molecule has 0 aliphatic rings. The Hall–Kier alpha value is -1.82. The second-order valence-corrected chi connectivity index (χ2v) is 8.22. The topological polar surface area (TPSA) is 67.8 Å². The number of aromatic nitrogens is 3. The van der Waals surface area contributed by atoms with Crippen molar-refractivity contribution in [1.82, 2.24) is 14.8 Å². The molecular formula is C18H25N3O2S. The highest BCUT2D eigenvalue weighted by Crippen LogP contribution is 2.26. The summed E-state index contributed by atoms with van der Waals surface area (Å²) in [4.78, 5) is 24.4. The van der Waals surface area contributed by atoms with Crippen molar-refractivity contribution >= 4 is 17.5 Å². The van der Waals surface area contributed by atoms with Crippen LogP contribution in [0.25, 0.3) is 0 Å². The zero-order chi connectivity index (χ0) is 17.9. The van der Waals surface area contributed by atoms with Gasteiger partial charge in [-0.3, -0.25) is 9.36 Å². The monoisotopic (exact) mass is 347 g/mol. The number of thioether (sulfide) groups is 1. The van der Waals surface area contributed by atoms with Gasteiger partial charge in [0.2, 0.25) is 0 Å². The van der Waals surface area contributed by atoms with Crippen molar-refractivity contribution in [2.24, 2.45) is 0 Å². The van der Waals surface area contributed by atoms with Crippen molar-refractivity contribution in [3.8, 4) is 0 Å². The predicted octanol–water partition coefficient (Wildman–Crippen LogP) is 3.64. The third-order valence-corrected chi connectivity index (χ3v) is 4.95. The molecule has 0 aliphatic carbocycles. The first kappa shape index (κ1) is 18.5. The number of benzene rings is 1. The van der Waals surface area contributed by atoms with Crippen LogP contribution in [0.2, 0.25) is 0 Å². The zero-order valence-corrected chi connectivity index (χ0v) is 15.7. The summed E-state index contributed by atoms with van der Waals surface area (Å²) in [6.07, 6.45) is 0.837. The Balaban J connectivity index is 2.14. The molecule has 1 heterocycles. The molecule has 0 saturated heterocycles. The van der Waals surface area contributed by atoms with Gasteiger partial charge in [-0.15, -0.1) is 5.10 Å². The Kier molecular flexibility index (Phi) is 5.70. The molecule has 24 heavy (non-hydrogen) atoms. The van der Waals surface area contributed by atoms with E-state index in [0.29, 0.717) is 17.3 Å². The van der Waals surface area contributed by atoms with Gasteiger partial charge in [-0.1, -0.05) is 63.7 Å². The molecule has 1 aromatic heterocycles. The van der Waals surface area contributed by atoms with Gasteiger partial charge in [-0.2, -0.15) is 0 Å². The molecule has 1 aromatic carbocycles. The number of nitrogens with zero attached hydrogens (tertiary/aromatic N) is 2. The first-order valence-electron chi connectivity index (χ1n) is 8.20. The Labute approximate surface area is 146 Å². The van der Waals surface area contributed by atoms with E-state index in [4.69, 9.17) is 0 Å². The molecule has 0 radical (unpaired) electrons. The first-order valence-corrected chi connectivity index (χ1v) is 9.08. The van der Waals surface area contributed by atoms with Crippen LogP contribution in [0, 0.1) is 0 Å². The lowest BCUT2D eigenvalue weighted by Crippen LogP contribution is -2.19. The highest BCUT2D eigenvalue weighted by molar-refractivity contribution is 8.00. The molecule has 2 rings (SSSR count). The third kappa shape index (κ3) is 4.17. The van der Waals surface area contributed by atoms with Gasteiger partial charge in [-0.25, -0.2) is 9.89 Å². The average Bonchev–Trinajstić information content (AvgIpc) is 2.87. The summed E-state index contributed by atoms with van der Waals surface area (Å²) in [5, 5.41) is 6.74. The zero-order valence-electron chi connectivity index (χ0n) is 14.9. The second-order valence-electron chi connectivity index (χ2n) is 6.91. The number of aromatic amines is 1. The molecule has 2 aromatic rings. The molecule has 5 nitrogen and oxygen atoms in total. The van der Waals surface area contributed by atoms with Crippen LogP contribution in [0.3, 0.4) is 0 Å². The normalized spacial score (nSPS) is 13.0. The van der Waals surface area contributed by atoms with Gasteiger partial charge in [0.1, 0.15) is 0 Å². The van der Waals surface area contributed by atoms with E-state index < -0.39 is 0 Å². The molecule has 130 valence electrons. The largest absolute Gasteiger partial charge is 0.343 e. The summed E-state index contributed by atoms with van der Waals surface area (Å²) < 4.78 is 1.58. The summed E-state index contributed by atoms with van der Waals surface area (Å²) in [6.45, 7) is 10.9. The van der Waals surface area contributed by atoms with Crippen LogP contribution in [0.15, 0.2) is 34.2 Å². The minimum absolute atomic E-state index is 0.0407. The van der Waals surface area contributed by atoms with Gasteiger partial charge >= 0.3 is 5.69 Å². The van der Waals surface area contributed by atoms with Crippen molar-refractivity contribution in [3.63, 3.8) is 0 Å². The predicted molar refractivity (Wildman–Crippen MR) is 97.9 cm³/mol. The number of hydrogen-bond acceptors (Lipinski definition) is 4. The van der Waals surface area contributed by atoms with Gasteiger partial charge in [0.25, 0.3) is 0 Å². The number of rotatable bonds is 6. The number of ketones is 1. The Morgan fingerprint density at radius 2 is 1.92 bits per heavy atom. The van der Waals surface area contributed by atoms with Gasteiger partial charge < -0.3 is 0 Å². The number of hydrogen-bond donors (Lipinski definition) is 1. The fourth-order valence-corrected chi connectivity index (χ4v) is 3.35. The number of Topliss-reactive ketones (excluding diaryl/α,β-unsaturated/α-hetero) is 1. The van der Waals surface area contributed by atoms with E-state index in [1.807, 2.05) is 38.1 Å². The maximum atomic E-state index is 12.6. The summed E-state index contributed by atoms with van der Waals surface area (Å²) in [6, 6.07) is 7.77. The van der Waals surface area contributed by atoms with E-state index >= 15 is 0 Å². The molecule has 1 atom stereocenters. The van der Waals surface area contributed by atoms with Crippen LogP contribution in [0.5, 0.6) is 0 Å². The lowest BCUT2D eigenvalue weighted by atomic mass is 9.86. The molecule has 0 bridgehead atoms. The third-order valence-electron chi connectivity index (χ3n) is 3.86. The number of H-pyrrole nitrogens is 1. The lowest BCUT2D eigenvalue weighted by Gasteiger charge is -2.19. The highest BCUT2D eigenvalue weighted by Gasteiger charge is 2.21. The number of nitrogens with one attached hydrogen (secondary N) is 1. The van der Waals surface area contributed by atoms with E-state index in [-0.39, 0.29) is 22.1 Å². The molecule has 0 fully saturated rings. The summed E-state index contributed by atoms with van der Waals surface area (Å²) in [5.74, 6) is 0.0407. The van der Waals surface area contributed by atoms with Gasteiger partial charge in [-0.05, 0) is 24.3 Å². The minimum Gasteiger partial charge on any atom is -0.293 e. The molecule has 0 aliphatic heterocycles. The second kappa shape index (κ2) is 7.38. The van der Waals surface area contributed by atoms with Crippen LogP contribution >= 0.6 is 11.8 Å². The molecule has 6 heteroatoms. The van der Waals surface area contributed by atoms with Crippen molar-refractivity contribution in [3.05, 3.63) is 45.9 Å². The number of carbonyl (C=O) groups excluding carboxylic acids is 1. The minimum atomic E-state index is -0.309. The van der Waals surface area contributed by atoms with Crippen LogP contribution in [-0.4, -0.2) is 25.8 Å². The molecule has 0 amide bonds. The van der Waals surface area contributed by atoms with Gasteiger partial charge in [0.05, 0.1) is 5.25 Å². The van der Waals surface area contributed by atoms with Crippen LogP contribution in [-0.2, 0) is 12.0 Å². The van der Waals surface area contributed by atoms with Crippen molar-refractivity contribution < 1.29 is 4.79 Å². The smallest absolute Gasteiger partial charge is 0.293 e. The van der Waals surface area contributed by atoms with Gasteiger partial charge in [0, 0.05) is 12.1 Å². The summed E-state index contributed by atoms with van der Waals surface area (Å²) in [5.41, 5.74) is 1.72. The van der Waals surface area contributed by atoms with Crippen molar-refractivity contribution in [2.75, 3.05) is 0 Å². The molecule has 1 N–H and O–H groups in total. The average molecular weight is 347 g/mol. The van der Waals surface area contributed by atoms with Gasteiger partial charge in [0.15, 0.2) is 10.9 Å². The molecule has 1 unspecified atom stereocenters. The maximum Gasteiger partial charge on any atom is 0.343 e. The standard InChI is InChI=1S/C18H25N3O2S/c1-6-11-21-16(23)19-20-17(21)24-12(2)15(22)13-7-9-14(10-8-13)18(3,4)5/h7-10,12H,6,11H2,1-5H3,(H,19,23). The maximum absolute atomic E-state index is 12.6. The number of carbonyl (C=O) groups is 1. The van der Waals surface area contributed by atoms with E-state index in [2.05, 4.69) is 31.0 Å². The quantitative estimate of drug-likeness (QED) is 0.640. The van der Waals surface area contributed by atoms with E-state index in [0.717, 1.165) is 6.42 Å². The van der Waals surface area contributed by atoms with E-state index in [1.165, 1.54) is 17.3 Å². The SMILES string of the molecule is CCCn1c(SC(C)C(=O)c2ccc(C(C)(C)C)cc2)n[nH]c1=O. The van der Waals surface area contributed by atoms with Crippen LogP contribution in [0.4, 0.5) is 0 Å². The van der Waals surface area contributed by atoms with E-state index in [9.17, 15) is 9.59 Å². The van der Waals surface area contributed by atoms with Crippen LogP contribution < -0.4 is 5.69 Å². The Bertz CT molecular complexity index is 754. The Morgan fingerprint density at radius 3 is 2.46 bits per heavy atom. The van der Waals surface area contributed by atoms with Crippen LogP contribution in [0.1, 0.15) is 57.0 Å².